The Bertz CT molecular complexity index is 695. The molecule has 0 atom stereocenters. The summed E-state index contributed by atoms with van der Waals surface area (Å²) in [5, 5.41) is 0. The van der Waals surface area contributed by atoms with Gasteiger partial charge in [0.05, 0.1) is 4.90 Å². The Morgan fingerprint density at radius 2 is 1.06 bits per heavy atom. The second-order valence-corrected chi connectivity index (χ2v) is 12.5. The summed E-state index contributed by atoms with van der Waals surface area (Å²) >= 11 is 6.66. The Labute approximate surface area is 215 Å². The van der Waals surface area contributed by atoms with Crippen LogP contribution >= 0.6 is 31.9 Å². The molecule has 3 nitrogen and oxygen atoms in total. The summed E-state index contributed by atoms with van der Waals surface area (Å²) in [6, 6.07) is 5.19. The fourth-order valence-electron chi connectivity index (χ4n) is 3.99. The number of halogens is 2. The second kappa shape index (κ2) is 19.4. The molecule has 32 heavy (non-hydrogen) atoms. The van der Waals surface area contributed by atoms with E-state index >= 15 is 0 Å². The minimum absolute atomic E-state index is 0.286. The average molecular weight is 596 g/mol. The molecule has 0 aliphatic rings. The van der Waals surface area contributed by atoms with E-state index in [0.717, 1.165) is 17.3 Å². The van der Waals surface area contributed by atoms with Gasteiger partial charge in [-0.25, -0.2) is 13.1 Å². The summed E-state index contributed by atoms with van der Waals surface area (Å²) in [6.45, 7) is 2.78. The highest BCUT2D eigenvalue weighted by molar-refractivity contribution is 9.11. The van der Waals surface area contributed by atoms with Gasteiger partial charge >= 0.3 is 0 Å². The first kappa shape index (κ1) is 30.1. The Kier molecular flexibility index (Phi) is 18.3. The quantitative estimate of drug-likeness (QED) is 0.144. The van der Waals surface area contributed by atoms with Gasteiger partial charge in [0.15, 0.2) is 0 Å². The molecule has 0 heterocycles. The zero-order valence-electron chi connectivity index (χ0n) is 20.1. The minimum atomic E-state index is -3.46. The zero-order valence-corrected chi connectivity index (χ0v) is 24.1. The number of nitrogens with one attached hydrogen (secondary N) is 1. The summed E-state index contributed by atoms with van der Waals surface area (Å²) < 4.78 is 28.9. The van der Waals surface area contributed by atoms with E-state index in [-0.39, 0.29) is 4.90 Å². The van der Waals surface area contributed by atoms with E-state index in [1.54, 1.807) is 12.1 Å². The molecule has 1 rings (SSSR count). The van der Waals surface area contributed by atoms with Gasteiger partial charge in [0, 0.05) is 15.5 Å². The van der Waals surface area contributed by atoms with Gasteiger partial charge in [0.1, 0.15) is 0 Å². The Hall–Kier alpha value is 0.0900. The van der Waals surface area contributed by atoms with Crippen molar-refractivity contribution in [3.05, 3.63) is 27.1 Å². The molecule has 0 saturated heterocycles. The van der Waals surface area contributed by atoms with Gasteiger partial charge in [-0.1, -0.05) is 132 Å². The van der Waals surface area contributed by atoms with Crippen molar-refractivity contribution in [2.24, 2.45) is 0 Å². The first-order valence-corrected chi connectivity index (χ1v) is 16.0. The maximum atomic E-state index is 12.4. The lowest BCUT2D eigenvalue weighted by Crippen LogP contribution is -2.25. The van der Waals surface area contributed by atoms with Crippen LogP contribution in [0.5, 0.6) is 0 Å². The van der Waals surface area contributed by atoms with Crippen molar-refractivity contribution >= 4 is 41.9 Å². The van der Waals surface area contributed by atoms with Gasteiger partial charge in [-0.05, 0) is 40.5 Å². The molecule has 0 saturated carbocycles. The maximum absolute atomic E-state index is 12.4. The smallest absolute Gasteiger partial charge is 0.211 e. The SMILES string of the molecule is CCCCCCCCCCCCCCCCCCCCNS(=O)(=O)c1cc(Br)ccc1Br. The molecule has 0 aliphatic carbocycles. The fourth-order valence-corrected chi connectivity index (χ4v) is 6.57. The van der Waals surface area contributed by atoms with E-state index in [4.69, 9.17) is 0 Å². The summed E-state index contributed by atoms with van der Waals surface area (Å²) in [7, 11) is -3.46. The number of rotatable bonds is 21. The van der Waals surface area contributed by atoms with Gasteiger partial charge in [-0.15, -0.1) is 0 Å². The molecule has 186 valence electrons. The molecule has 0 bridgehead atoms. The molecule has 0 spiro atoms. The molecule has 1 N–H and O–H groups in total. The molecule has 0 fully saturated rings. The Balaban J connectivity index is 1.88. The predicted octanol–water partition coefficient (Wildman–Crippen LogP) is 9.53. The van der Waals surface area contributed by atoms with Crippen LogP contribution in [0.25, 0.3) is 0 Å². The summed E-state index contributed by atoms with van der Waals surface area (Å²) in [6.07, 6.45) is 24.0. The lowest BCUT2D eigenvalue weighted by atomic mass is 10.0. The highest BCUT2D eigenvalue weighted by Crippen LogP contribution is 2.25. The molecule has 1 aromatic carbocycles. The monoisotopic (exact) mass is 593 g/mol. The third-order valence-electron chi connectivity index (χ3n) is 6.01. The molecule has 0 radical (unpaired) electrons. The number of unbranched alkanes of at least 4 members (excludes halogenated alkanes) is 17. The summed E-state index contributed by atoms with van der Waals surface area (Å²) in [4.78, 5) is 0.286. The van der Waals surface area contributed by atoms with E-state index < -0.39 is 10.0 Å². The van der Waals surface area contributed by atoms with Crippen molar-refractivity contribution in [2.45, 2.75) is 127 Å². The van der Waals surface area contributed by atoms with Gasteiger partial charge in [-0.2, -0.15) is 0 Å². The van der Waals surface area contributed by atoms with Crippen LogP contribution < -0.4 is 4.72 Å². The van der Waals surface area contributed by atoms with E-state index in [0.29, 0.717) is 11.0 Å². The third-order valence-corrected chi connectivity index (χ3v) is 8.95. The number of benzene rings is 1. The first-order chi connectivity index (χ1) is 15.5. The molecule has 0 unspecified atom stereocenters. The first-order valence-electron chi connectivity index (χ1n) is 12.9. The second-order valence-electron chi connectivity index (χ2n) is 8.98. The van der Waals surface area contributed by atoms with Crippen LogP contribution in [0.1, 0.15) is 122 Å². The third kappa shape index (κ3) is 15.1. The van der Waals surface area contributed by atoms with Crippen LogP contribution in [0.4, 0.5) is 0 Å². The molecular weight excluding hydrogens is 550 g/mol. The van der Waals surface area contributed by atoms with Gasteiger partial charge in [0.2, 0.25) is 10.0 Å². The fraction of sp³-hybridized carbons (Fsp3) is 0.769. The van der Waals surface area contributed by atoms with Crippen LogP contribution in [0.15, 0.2) is 32.0 Å². The van der Waals surface area contributed by atoms with Gasteiger partial charge < -0.3 is 0 Å². The highest BCUT2D eigenvalue weighted by atomic mass is 79.9. The number of hydrogen-bond acceptors (Lipinski definition) is 2. The topological polar surface area (TPSA) is 46.2 Å². The molecular formula is C26H45Br2NO2S. The largest absolute Gasteiger partial charge is 0.241 e. The standard InChI is InChI=1S/C26H45Br2NO2S/c1-2-3-4-5-6-7-8-9-10-11-12-13-14-15-16-17-18-19-22-29-32(30,31)26-23-24(27)20-21-25(26)28/h20-21,23,29H,2-19,22H2,1H3. The summed E-state index contributed by atoms with van der Waals surface area (Å²) in [5.41, 5.74) is 0. The van der Waals surface area contributed by atoms with Crippen molar-refractivity contribution in [3.63, 3.8) is 0 Å². The van der Waals surface area contributed by atoms with Crippen LogP contribution in [0.3, 0.4) is 0 Å². The molecule has 0 aromatic heterocycles. The average Bonchev–Trinajstić information content (AvgIpc) is 2.77. The molecule has 0 amide bonds. The van der Waals surface area contributed by atoms with Crippen molar-refractivity contribution in [1.29, 1.82) is 0 Å². The van der Waals surface area contributed by atoms with Crippen molar-refractivity contribution in [2.75, 3.05) is 6.54 Å². The zero-order chi connectivity index (χ0) is 23.5. The van der Waals surface area contributed by atoms with Crippen LogP contribution in [-0.2, 0) is 10.0 Å². The van der Waals surface area contributed by atoms with E-state index in [2.05, 4.69) is 43.5 Å². The maximum Gasteiger partial charge on any atom is 0.241 e. The number of hydrogen-bond donors (Lipinski definition) is 1. The van der Waals surface area contributed by atoms with Crippen LogP contribution in [0, 0.1) is 0 Å². The lowest BCUT2D eigenvalue weighted by Gasteiger charge is -2.09. The van der Waals surface area contributed by atoms with Crippen molar-refractivity contribution in [3.8, 4) is 0 Å². The lowest BCUT2D eigenvalue weighted by molar-refractivity contribution is 0.524. The van der Waals surface area contributed by atoms with Crippen LogP contribution in [0.2, 0.25) is 0 Å². The molecule has 0 aliphatic heterocycles. The number of sulfonamides is 1. The Morgan fingerprint density at radius 3 is 1.50 bits per heavy atom. The van der Waals surface area contributed by atoms with E-state index in [1.165, 1.54) is 103 Å². The minimum Gasteiger partial charge on any atom is -0.211 e. The van der Waals surface area contributed by atoms with E-state index in [1.807, 2.05) is 6.07 Å². The van der Waals surface area contributed by atoms with Crippen molar-refractivity contribution in [1.82, 2.24) is 4.72 Å². The molecule has 1 aromatic rings. The van der Waals surface area contributed by atoms with E-state index in [9.17, 15) is 8.42 Å². The van der Waals surface area contributed by atoms with Gasteiger partial charge in [-0.3, -0.25) is 0 Å². The summed E-state index contributed by atoms with van der Waals surface area (Å²) in [5.74, 6) is 0. The highest BCUT2D eigenvalue weighted by Gasteiger charge is 2.17. The predicted molar refractivity (Wildman–Crippen MR) is 146 cm³/mol. The van der Waals surface area contributed by atoms with Crippen LogP contribution in [-0.4, -0.2) is 15.0 Å². The van der Waals surface area contributed by atoms with Crippen molar-refractivity contribution < 1.29 is 8.42 Å². The molecule has 6 heteroatoms. The van der Waals surface area contributed by atoms with Gasteiger partial charge in [0.25, 0.3) is 0 Å². The Morgan fingerprint density at radius 1 is 0.656 bits per heavy atom. The normalized spacial score (nSPS) is 11.8.